The largest absolute Gasteiger partial charge is 0.472 e. The van der Waals surface area contributed by atoms with Crippen LogP contribution < -0.4 is 5.32 Å². The number of aliphatic hydroxyl groups is 1. The number of amides is 1. The minimum absolute atomic E-state index is 0.0538. The predicted molar refractivity (Wildman–Crippen MR) is 217 cm³/mol. The van der Waals surface area contributed by atoms with Crippen LogP contribution in [0.5, 0.6) is 0 Å². The van der Waals surface area contributed by atoms with Gasteiger partial charge in [0.1, 0.15) is 13.2 Å². The number of hydrogen-bond acceptors (Lipinski definition) is 5. The molecule has 0 aromatic carbocycles. The molecule has 3 N–H and O–H groups in total. The van der Waals surface area contributed by atoms with Gasteiger partial charge in [-0.15, -0.1) is 0 Å². The first-order chi connectivity index (χ1) is 24.5. The molecule has 0 aliphatic rings. The van der Waals surface area contributed by atoms with Crippen molar-refractivity contribution in [2.75, 3.05) is 40.9 Å². The molecule has 0 aliphatic heterocycles. The smallest absolute Gasteiger partial charge is 0.387 e. The van der Waals surface area contributed by atoms with Crippen molar-refractivity contribution in [1.29, 1.82) is 0 Å². The average Bonchev–Trinajstić information content (AvgIpc) is 3.07. The standard InChI is InChI=1S/C42H79N2O6P/c1-6-8-10-12-14-16-18-19-20-21-22-23-24-25-26-28-30-32-34-36-42(46)43-40(39-50-51(47,48)49-38-37-44(3,4)5)41(45)35-33-31-29-27-17-15-13-11-9-7-2/h14,16-19,27,33,35,40-41,45H,6-13,15,20-26,28-32,34,36-39H2,1-5H3,(H-,43,46,47,48)/p+1/b16-14-,19-18-,27-17+,35-33+. The van der Waals surface area contributed by atoms with E-state index in [0.717, 1.165) is 38.5 Å². The zero-order chi connectivity index (χ0) is 37.9. The van der Waals surface area contributed by atoms with Crippen molar-refractivity contribution in [1.82, 2.24) is 5.32 Å². The quantitative estimate of drug-likeness (QED) is 0.0194. The Hall–Kier alpha value is -1.54. The molecule has 0 heterocycles. The second-order valence-corrected chi connectivity index (χ2v) is 16.5. The van der Waals surface area contributed by atoms with E-state index in [2.05, 4.69) is 55.6 Å². The molecule has 0 radical (unpaired) electrons. The molecule has 0 aromatic heterocycles. The topological polar surface area (TPSA) is 105 Å². The molecule has 0 saturated carbocycles. The van der Waals surface area contributed by atoms with Crippen LogP contribution in [0.25, 0.3) is 0 Å². The Morgan fingerprint density at radius 3 is 1.73 bits per heavy atom. The summed E-state index contributed by atoms with van der Waals surface area (Å²) in [4.78, 5) is 23.0. The maximum Gasteiger partial charge on any atom is 0.472 e. The van der Waals surface area contributed by atoms with Gasteiger partial charge in [-0.1, -0.05) is 146 Å². The van der Waals surface area contributed by atoms with Crippen LogP contribution in [0.4, 0.5) is 0 Å². The number of unbranched alkanes of at least 4 members (excludes halogenated alkanes) is 18. The SMILES string of the molecule is CCCCC/C=C\C=C/CCCCCCCCCCCCC(=O)NC(COP(=O)(O)OCC[N+](C)(C)C)C(O)/C=C/CC/C=C/CCCCCC. The summed E-state index contributed by atoms with van der Waals surface area (Å²) in [5.74, 6) is -0.196. The summed E-state index contributed by atoms with van der Waals surface area (Å²) in [6.07, 6.45) is 41.8. The summed E-state index contributed by atoms with van der Waals surface area (Å²) >= 11 is 0. The van der Waals surface area contributed by atoms with E-state index in [1.54, 1.807) is 6.08 Å². The highest BCUT2D eigenvalue weighted by atomic mass is 31.2. The van der Waals surface area contributed by atoms with Gasteiger partial charge in [-0.25, -0.2) is 4.57 Å². The van der Waals surface area contributed by atoms with Crippen molar-refractivity contribution in [3.8, 4) is 0 Å². The number of rotatable bonds is 36. The number of aliphatic hydroxyl groups excluding tert-OH is 1. The van der Waals surface area contributed by atoms with E-state index >= 15 is 0 Å². The molecule has 3 atom stereocenters. The minimum Gasteiger partial charge on any atom is -0.387 e. The number of nitrogens with zero attached hydrogens (tertiary/aromatic N) is 1. The molecule has 0 bridgehead atoms. The Labute approximate surface area is 314 Å². The number of likely N-dealkylation sites (N-methyl/N-ethyl adjacent to an activating group) is 1. The van der Waals surface area contributed by atoms with Crippen molar-refractivity contribution in [3.05, 3.63) is 48.6 Å². The van der Waals surface area contributed by atoms with Crippen LogP contribution in [0, 0.1) is 0 Å². The fraction of sp³-hybridized carbons (Fsp3) is 0.786. The Kier molecular flexibility index (Phi) is 33.2. The fourth-order valence-electron chi connectivity index (χ4n) is 5.46. The highest BCUT2D eigenvalue weighted by Crippen LogP contribution is 2.43. The predicted octanol–water partition coefficient (Wildman–Crippen LogP) is 10.9. The summed E-state index contributed by atoms with van der Waals surface area (Å²) < 4.78 is 23.4. The Morgan fingerprint density at radius 1 is 0.667 bits per heavy atom. The highest BCUT2D eigenvalue weighted by Gasteiger charge is 2.27. The molecule has 9 heteroatoms. The monoisotopic (exact) mass is 740 g/mol. The summed E-state index contributed by atoms with van der Waals surface area (Å²) in [6.45, 7) is 4.70. The van der Waals surface area contributed by atoms with E-state index < -0.39 is 20.0 Å². The molecule has 0 aromatic rings. The number of phosphoric acid groups is 1. The van der Waals surface area contributed by atoms with Crippen LogP contribution in [0.1, 0.15) is 162 Å². The Balaban J connectivity index is 4.41. The van der Waals surface area contributed by atoms with Crippen molar-refractivity contribution in [3.63, 3.8) is 0 Å². The van der Waals surface area contributed by atoms with Gasteiger partial charge in [-0.3, -0.25) is 13.8 Å². The van der Waals surface area contributed by atoms with Gasteiger partial charge >= 0.3 is 7.82 Å². The molecule has 1 amide bonds. The number of carbonyl (C=O) groups is 1. The summed E-state index contributed by atoms with van der Waals surface area (Å²) in [7, 11) is 1.54. The number of carbonyl (C=O) groups excluding carboxylic acids is 1. The number of quaternary nitrogens is 1. The van der Waals surface area contributed by atoms with Crippen LogP contribution in [0.15, 0.2) is 48.6 Å². The van der Waals surface area contributed by atoms with E-state index in [4.69, 9.17) is 9.05 Å². The van der Waals surface area contributed by atoms with Crippen LogP contribution in [-0.4, -0.2) is 73.4 Å². The number of nitrogens with one attached hydrogen (secondary N) is 1. The van der Waals surface area contributed by atoms with Gasteiger partial charge in [0.15, 0.2) is 0 Å². The summed E-state index contributed by atoms with van der Waals surface area (Å²) in [5, 5.41) is 13.7. The van der Waals surface area contributed by atoms with Crippen molar-refractivity contribution in [2.45, 2.75) is 174 Å². The lowest BCUT2D eigenvalue weighted by Gasteiger charge is -2.25. The lowest BCUT2D eigenvalue weighted by molar-refractivity contribution is -0.870. The molecular weight excluding hydrogens is 659 g/mol. The fourth-order valence-corrected chi connectivity index (χ4v) is 6.19. The van der Waals surface area contributed by atoms with E-state index in [1.165, 1.54) is 103 Å². The highest BCUT2D eigenvalue weighted by molar-refractivity contribution is 7.47. The van der Waals surface area contributed by atoms with Crippen LogP contribution >= 0.6 is 7.82 Å². The third-order valence-corrected chi connectivity index (χ3v) is 9.78. The second kappa shape index (κ2) is 34.2. The van der Waals surface area contributed by atoms with Gasteiger partial charge < -0.3 is 19.8 Å². The number of allylic oxidation sites excluding steroid dienone is 7. The normalized spacial score (nSPS) is 15.0. The molecule has 0 saturated heterocycles. The number of phosphoric ester groups is 1. The summed E-state index contributed by atoms with van der Waals surface area (Å²) in [5.41, 5.74) is 0. The minimum atomic E-state index is -4.34. The molecule has 0 rings (SSSR count). The first-order valence-corrected chi connectivity index (χ1v) is 22.0. The van der Waals surface area contributed by atoms with Gasteiger partial charge in [-0.2, -0.15) is 0 Å². The molecule has 0 aliphatic carbocycles. The first kappa shape index (κ1) is 49.5. The maximum absolute atomic E-state index is 12.8. The maximum atomic E-state index is 12.8. The average molecular weight is 740 g/mol. The summed E-state index contributed by atoms with van der Waals surface area (Å²) in [6, 6.07) is -0.862. The van der Waals surface area contributed by atoms with Crippen LogP contribution in [0.2, 0.25) is 0 Å². The number of hydrogen-bond donors (Lipinski definition) is 3. The van der Waals surface area contributed by atoms with Crippen molar-refractivity contribution >= 4 is 13.7 Å². The van der Waals surface area contributed by atoms with Gasteiger partial charge in [0.25, 0.3) is 0 Å². The Morgan fingerprint density at radius 2 is 1.14 bits per heavy atom. The molecule has 8 nitrogen and oxygen atoms in total. The third kappa shape index (κ3) is 36.6. The lowest BCUT2D eigenvalue weighted by Crippen LogP contribution is -2.45. The second-order valence-electron chi connectivity index (χ2n) is 15.0. The van der Waals surface area contributed by atoms with E-state index in [-0.39, 0.29) is 19.1 Å². The molecule has 3 unspecified atom stereocenters. The lowest BCUT2D eigenvalue weighted by atomic mass is 10.0. The molecule has 298 valence electrons. The van der Waals surface area contributed by atoms with Gasteiger partial charge in [-0.05, 0) is 57.8 Å². The van der Waals surface area contributed by atoms with Crippen LogP contribution in [0.3, 0.4) is 0 Å². The third-order valence-electron chi connectivity index (χ3n) is 8.80. The molecule has 0 spiro atoms. The zero-order valence-electron chi connectivity index (χ0n) is 33.6. The molecule has 51 heavy (non-hydrogen) atoms. The first-order valence-electron chi connectivity index (χ1n) is 20.5. The van der Waals surface area contributed by atoms with Crippen LogP contribution in [-0.2, 0) is 18.4 Å². The van der Waals surface area contributed by atoms with E-state index in [9.17, 15) is 19.4 Å². The van der Waals surface area contributed by atoms with Gasteiger partial charge in [0.05, 0.1) is 39.9 Å². The van der Waals surface area contributed by atoms with E-state index in [0.29, 0.717) is 17.4 Å². The van der Waals surface area contributed by atoms with Crippen molar-refractivity contribution in [2.24, 2.45) is 0 Å². The Bertz CT molecular complexity index is 975. The zero-order valence-corrected chi connectivity index (χ0v) is 34.5. The van der Waals surface area contributed by atoms with Gasteiger partial charge in [0.2, 0.25) is 5.91 Å². The van der Waals surface area contributed by atoms with Crippen molar-refractivity contribution < 1.29 is 32.9 Å². The molecule has 0 fully saturated rings. The van der Waals surface area contributed by atoms with E-state index in [1.807, 2.05) is 27.2 Å². The molecular formula is C42H80N2O6P+. The van der Waals surface area contributed by atoms with Gasteiger partial charge in [0, 0.05) is 6.42 Å².